The van der Waals surface area contributed by atoms with Crippen LogP contribution in [0, 0.1) is 11.8 Å². The molecule has 0 aromatic heterocycles. The van der Waals surface area contributed by atoms with Crippen molar-refractivity contribution in [2.24, 2.45) is 5.92 Å². The van der Waals surface area contributed by atoms with Crippen molar-refractivity contribution in [2.75, 3.05) is 0 Å². The van der Waals surface area contributed by atoms with E-state index in [9.17, 15) is 9.59 Å². The van der Waals surface area contributed by atoms with Crippen LogP contribution in [-0.4, -0.2) is 17.4 Å². The minimum Gasteiger partial charge on any atom is -0.481 e. The van der Waals surface area contributed by atoms with Gasteiger partial charge in [-0.2, -0.15) is 0 Å². The summed E-state index contributed by atoms with van der Waals surface area (Å²) < 4.78 is 0. The van der Waals surface area contributed by atoms with Crippen LogP contribution < -0.4 is 0 Å². The first-order chi connectivity index (χ1) is 4.57. The van der Waals surface area contributed by atoms with E-state index < -0.39 is 11.9 Å². The maximum absolute atomic E-state index is 10.2. The van der Waals surface area contributed by atoms with Crippen LogP contribution in [0.3, 0.4) is 0 Å². The summed E-state index contributed by atoms with van der Waals surface area (Å²) in [5.74, 6) is -0.506. The molecule has 0 fully saturated rings. The lowest BCUT2D eigenvalue weighted by Crippen LogP contribution is -2.13. The summed E-state index contributed by atoms with van der Waals surface area (Å²) >= 11 is 0. The molecule has 0 amide bonds. The lowest BCUT2D eigenvalue weighted by molar-refractivity contribution is -0.139. The second-order valence-corrected chi connectivity index (χ2v) is 2.42. The van der Waals surface area contributed by atoms with Gasteiger partial charge in [0.25, 0.3) is 0 Å². The van der Waals surface area contributed by atoms with E-state index in [0.717, 1.165) is 5.92 Å². The summed E-state index contributed by atoms with van der Waals surface area (Å²) in [7, 11) is 0. The lowest BCUT2D eigenvalue weighted by Gasteiger charge is -2.09. The van der Waals surface area contributed by atoms with Crippen molar-refractivity contribution in [3.8, 4) is 0 Å². The molecule has 0 bridgehead atoms. The average Bonchev–Trinajstić information content (AvgIpc) is 1.81. The van der Waals surface area contributed by atoms with E-state index in [1.165, 1.54) is 0 Å². The van der Waals surface area contributed by atoms with E-state index in [0.29, 0.717) is 6.29 Å². The maximum Gasteiger partial charge on any atom is 0.304 e. The van der Waals surface area contributed by atoms with E-state index in [-0.39, 0.29) is 6.42 Å². The van der Waals surface area contributed by atoms with Gasteiger partial charge in [0.2, 0.25) is 0 Å². The quantitative estimate of drug-likeness (QED) is 0.594. The van der Waals surface area contributed by atoms with Crippen molar-refractivity contribution in [1.29, 1.82) is 0 Å². The fraction of sp³-hybridized carbons (Fsp3) is 0.571. The van der Waals surface area contributed by atoms with Crippen LogP contribution in [0.25, 0.3) is 0 Å². The molecule has 3 heteroatoms. The molecule has 0 aromatic carbocycles. The SMILES string of the molecule is C[C](C)C(C=O)CC(=O)O. The Bertz CT molecular complexity index is 129. The predicted molar refractivity (Wildman–Crippen MR) is 36.4 cm³/mol. The van der Waals surface area contributed by atoms with Crippen LogP contribution in [0.4, 0.5) is 0 Å². The van der Waals surface area contributed by atoms with Gasteiger partial charge in [0.1, 0.15) is 6.29 Å². The van der Waals surface area contributed by atoms with E-state index in [1.807, 2.05) is 0 Å². The number of aliphatic carboxylic acids is 1. The van der Waals surface area contributed by atoms with Crippen molar-refractivity contribution in [2.45, 2.75) is 20.3 Å². The smallest absolute Gasteiger partial charge is 0.304 e. The van der Waals surface area contributed by atoms with Crippen LogP contribution in [-0.2, 0) is 9.59 Å². The number of rotatable bonds is 4. The Morgan fingerprint density at radius 1 is 1.60 bits per heavy atom. The van der Waals surface area contributed by atoms with Crippen LogP contribution in [0.2, 0.25) is 0 Å². The summed E-state index contributed by atoms with van der Waals surface area (Å²) in [6.45, 7) is 3.50. The van der Waals surface area contributed by atoms with Gasteiger partial charge in [0.05, 0.1) is 6.42 Å². The van der Waals surface area contributed by atoms with Gasteiger partial charge in [0.15, 0.2) is 0 Å². The molecular weight excluding hydrogens is 132 g/mol. The predicted octanol–water partition coefficient (Wildman–Crippen LogP) is 0.890. The monoisotopic (exact) mass is 143 g/mol. The number of carboxylic acid groups (broad SMARTS) is 1. The molecule has 1 atom stereocenters. The minimum atomic E-state index is -0.932. The van der Waals surface area contributed by atoms with E-state index in [1.54, 1.807) is 13.8 Å². The first kappa shape index (κ1) is 9.14. The maximum atomic E-state index is 10.2. The molecule has 1 radical (unpaired) electrons. The molecule has 1 N–H and O–H groups in total. The zero-order chi connectivity index (χ0) is 8.15. The number of carbonyl (C=O) groups is 2. The van der Waals surface area contributed by atoms with Crippen molar-refractivity contribution in [1.82, 2.24) is 0 Å². The average molecular weight is 143 g/mol. The van der Waals surface area contributed by atoms with E-state index in [4.69, 9.17) is 5.11 Å². The molecule has 0 heterocycles. The van der Waals surface area contributed by atoms with Gasteiger partial charge in [0, 0.05) is 5.92 Å². The highest BCUT2D eigenvalue weighted by atomic mass is 16.4. The summed E-state index contributed by atoms with van der Waals surface area (Å²) in [5.41, 5.74) is 0. The molecule has 0 aliphatic heterocycles. The van der Waals surface area contributed by atoms with Crippen molar-refractivity contribution in [3.63, 3.8) is 0 Å². The minimum absolute atomic E-state index is 0.0914. The number of carboxylic acids is 1. The van der Waals surface area contributed by atoms with Gasteiger partial charge in [-0.05, 0) is 5.92 Å². The molecule has 0 saturated carbocycles. The Morgan fingerprint density at radius 3 is 2.20 bits per heavy atom. The van der Waals surface area contributed by atoms with Crippen LogP contribution in [0.5, 0.6) is 0 Å². The fourth-order valence-corrected chi connectivity index (χ4v) is 0.576. The molecule has 0 saturated heterocycles. The van der Waals surface area contributed by atoms with Gasteiger partial charge < -0.3 is 9.90 Å². The summed E-state index contributed by atoms with van der Waals surface area (Å²) in [6.07, 6.45) is 0.579. The Balaban J connectivity index is 3.83. The van der Waals surface area contributed by atoms with Crippen molar-refractivity contribution >= 4 is 12.3 Å². The third kappa shape index (κ3) is 3.22. The topological polar surface area (TPSA) is 54.4 Å². The molecule has 0 spiro atoms. The summed E-state index contributed by atoms with van der Waals surface area (Å²) in [5, 5.41) is 8.29. The Hall–Kier alpha value is -0.860. The van der Waals surface area contributed by atoms with Crippen molar-refractivity contribution in [3.05, 3.63) is 5.92 Å². The van der Waals surface area contributed by atoms with Gasteiger partial charge in [-0.1, -0.05) is 13.8 Å². The number of carbonyl (C=O) groups excluding carboxylic acids is 1. The molecule has 0 rings (SSSR count). The first-order valence-corrected chi connectivity index (χ1v) is 3.05. The van der Waals surface area contributed by atoms with Crippen molar-refractivity contribution < 1.29 is 14.7 Å². The lowest BCUT2D eigenvalue weighted by atomic mass is 9.94. The normalized spacial score (nSPS) is 13.1. The number of aldehydes is 1. The molecule has 57 valence electrons. The van der Waals surface area contributed by atoms with Gasteiger partial charge in [-0.3, -0.25) is 4.79 Å². The summed E-state index contributed by atoms with van der Waals surface area (Å²) in [4.78, 5) is 20.3. The third-order valence-corrected chi connectivity index (χ3v) is 1.30. The van der Waals surface area contributed by atoms with E-state index in [2.05, 4.69) is 0 Å². The standard InChI is InChI=1S/C7H11O3/c1-5(2)6(4-8)3-7(9)10/h4,6H,3H2,1-2H3,(H,9,10). The Labute approximate surface area is 60.0 Å². The van der Waals surface area contributed by atoms with E-state index >= 15 is 0 Å². The second-order valence-electron chi connectivity index (χ2n) is 2.42. The molecule has 10 heavy (non-hydrogen) atoms. The highest BCUT2D eigenvalue weighted by Gasteiger charge is 2.15. The fourth-order valence-electron chi connectivity index (χ4n) is 0.576. The first-order valence-electron chi connectivity index (χ1n) is 3.05. The molecule has 3 nitrogen and oxygen atoms in total. The third-order valence-electron chi connectivity index (χ3n) is 1.30. The van der Waals surface area contributed by atoms with Gasteiger partial charge in [-0.15, -0.1) is 0 Å². The zero-order valence-electron chi connectivity index (χ0n) is 6.13. The highest BCUT2D eigenvalue weighted by Crippen LogP contribution is 2.13. The Morgan fingerprint density at radius 2 is 2.10 bits per heavy atom. The largest absolute Gasteiger partial charge is 0.481 e. The van der Waals surface area contributed by atoms with Crippen LogP contribution in [0.15, 0.2) is 0 Å². The number of hydrogen-bond acceptors (Lipinski definition) is 2. The molecule has 0 aliphatic rings. The summed E-state index contributed by atoms with van der Waals surface area (Å²) in [6, 6.07) is 0. The molecule has 0 aromatic rings. The number of hydrogen-bond donors (Lipinski definition) is 1. The Kier molecular flexibility index (Phi) is 3.69. The van der Waals surface area contributed by atoms with Gasteiger partial charge >= 0.3 is 5.97 Å². The molecule has 1 unspecified atom stereocenters. The second kappa shape index (κ2) is 4.04. The highest BCUT2D eigenvalue weighted by molar-refractivity contribution is 5.73. The van der Waals surface area contributed by atoms with Crippen LogP contribution in [0.1, 0.15) is 20.3 Å². The van der Waals surface area contributed by atoms with Gasteiger partial charge in [-0.25, -0.2) is 0 Å². The molecule has 0 aliphatic carbocycles. The molecular formula is C7H11O3. The van der Waals surface area contributed by atoms with Crippen LogP contribution >= 0.6 is 0 Å². The zero-order valence-corrected chi connectivity index (χ0v) is 6.13.